The van der Waals surface area contributed by atoms with Crippen LogP contribution in [-0.2, 0) is 16.0 Å². The maximum Gasteiger partial charge on any atom is 0.329 e. The Kier molecular flexibility index (Phi) is 5.57. The molecule has 1 saturated heterocycles. The van der Waals surface area contributed by atoms with Crippen molar-refractivity contribution < 1.29 is 14.4 Å². The smallest absolute Gasteiger partial charge is 0.324 e. The van der Waals surface area contributed by atoms with Crippen molar-refractivity contribution >= 4 is 41.2 Å². The van der Waals surface area contributed by atoms with Crippen LogP contribution in [0.2, 0.25) is 5.02 Å². The Bertz CT molecular complexity index is 940. The zero-order valence-corrected chi connectivity index (χ0v) is 15.4. The van der Waals surface area contributed by atoms with Gasteiger partial charge in [-0.1, -0.05) is 54.9 Å². The van der Waals surface area contributed by atoms with E-state index in [0.717, 1.165) is 16.9 Å². The van der Waals surface area contributed by atoms with Gasteiger partial charge in [-0.3, -0.25) is 9.59 Å². The molecule has 2 N–H and O–H groups in total. The summed E-state index contributed by atoms with van der Waals surface area (Å²) in [6.45, 7) is 1.61. The lowest BCUT2D eigenvalue weighted by Crippen LogP contribution is -2.38. The third-order valence-electron chi connectivity index (χ3n) is 4.14. The number of para-hydroxylation sites is 1. The molecule has 2 aromatic carbocycles. The number of carbonyl (C=O) groups is 3. The minimum atomic E-state index is -0.641. The number of nitrogens with one attached hydrogen (secondary N) is 2. The molecular formula is C20H18ClN3O3. The van der Waals surface area contributed by atoms with E-state index in [2.05, 4.69) is 10.6 Å². The van der Waals surface area contributed by atoms with Gasteiger partial charge in [0.05, 0.1) is 0 Å². The second kappa shape index (κ2) is 8.05. The Labute approximate surface area is 161 Å². The first-order chi connectivity index (χ1) is 13.0. The Morgan fingerprint density at radius 3 is 2.59 bits per heavy atom. The molecule has 138 valence electrons. The quantitative estimate of drug-likeness (QED) is 0.613. The summed E-state index contributed by atoms with van der Waals surface area (Å²) < 4.78 is 0. The highest BCUT2D eigenvalue weighted by Gasteiger charge is 2.35. The Hall–Kier alpha value is -3.12. The summed E-state index contributed by atoms with van der Waals surface area (Å²) in [7, 11) is 0. The second-order valence-corrected chi connectivity index (χ2v) is 6.37. The van der Waals surface area contributed by atoms with E-state index in [1.54, 1.807) is 30.3 Å². The van der Waals surface area contributed by atoms with Crippen molar-refractivity contribution in [1.29, 1.82) is 0 Å². The van der Waals surface area contributed by atoms with Gasteiger partial charge in [-0.15, -0.1) is 0 Å². The highest BCUT2D eigenvalue weighted by atomic mass is 35.5. The van der Waals surface area contributed by atoms with E-state index < -0.39 is 17.8 Å². The molecule has 0 aliphatic carbocycles. The minimum absolute atomic E-state index is 0.0786. The minimum Gasteiger partial charge on any atom is -0.324 e. The van der Waals surface area contributed by atoms with E-state index >= 15 is 0 Å². The molecule has 6 nitrogen and oxygen atoms in total. The predicted octanol–water partition coefficient (Wildman–Crippen LogP) is 3.43. The average molecular weight is 384 g/mol. The standard InChI is InChI=1S/C20H18ClN3O3/c1-2-13-7-4-6-10-16(13)22-18(25)12-24-19(26)17(23-20(24)27)11-14-8-3-5-9-15(14)21/h3-11H,2,12H2,1H3,(H,22,25)(H,23,27)/b17-11+. The number of benzene rings is 2. The van der Waals surface area contributed by atoms with Gasteiger partial charge in [0.15, 0.2) is 0 Å². The van der Waals surface area contributed by atoms with Crippen LogP contribution < -0.4 is 10.6 Å². The van der Waals surface area contributed by atoms with E-state index in [1.807, 2.05) is 25.1 Å². The third kappa shape index (κ3) is 4.17. The highest BCUT2D eigenvalue weighted by Crippen LogP contribution is 2.21. The van der Waals surface area contributed by atoms with Gasteiger partial charge in [0, 0.05) is 10.7 Å². The number of carbonyl (C=O) groups excluding carboxylic acids is 3. The monoisotopic (exact) mass is 383 g/mol. The fourth-order valence-corrected chi connectivity index (χ4v) is 2.94. The van der Waals surface area contributed by atoms with Gasteiger partial charge in [0.2, 0.25) is 5.91 Å². The number of hydrogen-bond donors (Lipinski definition) is 2. The maximum atomic E-state index is 12.5. The van der Waals surface area contributed by atoms with Crippen LogP contribution in [0.15, 0.2) is 54.2 Å². The Morgan fingerprint density at radius 2 is 1.85 bits per heavy atom. The maximum absolute atomic E-state index is 12.5. The molecule has 0 bridgehead atoms. The lowest BCUT2D eigenvalue weighted by Gasteiger charge is -2.13. The van der Waals surface area contributed by atoms with Crippen molar-refractivity contribution in [3.63, 3.8) is 0 Å². The molecule has 0 radical (unpaired) electrons. The Balaban J connectivity index is 1.72. The van der Waals surface area contributed by atoms with E-state index in [-0.39, 0.29) is 12.2 Å². The lowest BCUT2D eigenvalue weighted by molar-refractivity contribution is -0.127. The first kappa shape index (κ1) is 18.7. The van der Waals surface area contributed by atoms with Crippen LogP contribution in [0.5, 0.6) is 0 Å². The fourth-order valence-electron chi connectivity index (χ4n) is 2.75. The summed E-state index contributed by atoms with van der Waals surface area (Å²) in [5.74, 6) is -1.02. The number of amides is 4. The molecule has 1 aliphatic heterocycles. The molecule has 0 saturated carbocycles. The van der Waals surface area contributed by atoms with E-state index in [0.29, 0.717) is 16.3 Å². The highest BCUT2D eigenvalue weighted by molar-refractivity contribution is 6.32. The van der Waals surface area contributed by atoms with Crippen LogP contribution in [0.3, 0.4) is 0 Å². The van der Waals surface area contributed by atoms with Gasteiger partial charge in [0.1, 0.15) is 12.2 Å². The van der Waals surface area contributed by atoms with Crippen LogP contribution in [-0.4, -0.2) is 29.3 Å². The topological polar surface area (TPSA) is 78.5 Å². The molecular weight excluding hydrogens is 366 g/mol. The largest absolute Gasteiger partial charge is 0.329 e. The third-order valence-corrected chi connectivity index (χ3v) is 4.49. The van der Waals surface area contributed by atoms with Gasteiger partial charge in [0.25, 0.3) is 5.91 Å². The molecule has 1 heterocycles. The first-order valence-electron chi connectivity index (χ1n) is 8.46. The van der Waals surface area contributed by atoms with Crippen molar-refractivity contribution in [2.45, 2.75) is 13.3 Å². The molecule has 1 aliphatic rings. The zero-order valence-electron chi connectivity index (χ0n) is 14.7. The molecule has 0 aromatic heterocycles. The predicted molar refractivity (Wildman–Crippen MR) is 104 cm³/mol. The number of imide groups is 1. The molecule has 1 fully saturated rings. The van der Waals surface area contributed by atoms with Crippen LogP contribution >= 0.6 is 11.6 Å². The molecule has 27 heavy (non-hydrogen) atoms. The number of hydrogen-bond acceptors (Lipinski definition) is 3. The van der Waals surface area contributed by atoms with Gasteiger partial charge in [-0.2, -0.15) is 0 Å². The van der Waals surface area contributed by atoms with Gasteiger partial charge < -0.3 is 10.6 Å². The Morgan fingerprint density at radius 1 is 1.15 bits per heavy atom. The zero-order chi connectivity index (χ0) is 19.4. The van der Waals surface area contributed by atoms with Crippen LogP contribution in [0.25, 0.3) is 6.08 Å². The summed E-state index contributed by atoms with van der Waals surface area (Å²) in [6.07, 6.45) is 2.25. The number of rotatable bonds is 5. The van der Waals surface area contributed by atoms with Crippen molar-refractivity contribution in [3.05, 3.63) is 70.4 Å². The summed E-state index contributed by atoms with van der Waals surface area (Å²) in [4.78, 5) is 37.8. The van der Waals surface area contributed by atoms with Crippen molar-refractivity contribution in [2.24, 2.45) is 0 Å². The average Bonchev–Trinajstić information content (AvgIpc) is 2.91. The summed E-state index contributed by atoms with van der Waals surface area (Å²) in [5.41, 5.74) is 2.33. The summed E-state index contributed by atoms with van der Waals surface area (Å²) in [6, 6.07) is 13.7. The molecule has 7 heteroatoms. The molecule has 4 amide bonds. The van der Waals surface area contributed by atoms with Crippen LogP contribution in [0.1, 0.15) is 18.1 Å². The molecule has 3 rings (SSSR count). The normalized spacial score (nSPS) is 15.2. The number of urea groups is 1. The number of nitrogens with zero attached hydrogens (tertiary/aromatic N) is 1. The van der Waals surface area contributed by atoms with E-state index in [4.69, 9.17) is 11.6 Å². The second-order valence-electron chi connectivity index (χ2n) is 5.96. The fraction of sp³-hybridized carbons (Fsp3) is 0.150. The van der Waals surface area contributed by atoms with Gasteiger partial charge >= 0.3 is 6.03 Å². The van der Waals surface area contributed by atoms with Crippen molar-refractivity contribution in [2.75, 3.05) is 11.9 Å². The molecule has 2 aromatic rings. The van der Waals surface area contributed by atoms with Crippen LogP contribution in [0, 0.1) is 0 Å². The van der Waals surface area contributed by atoms with Crippen LogP contribution in [0.4, 0.5) is 10.5 Å². The molecule has 0 spiro atoms. The first-order valence-corrected chi connectivity index (χ1v) is 8.84. The summed E-state index contributed by atoms with van der Waals surface area (Å²) in [5, 5.41) is 5.69. The van der Waals surface area contributed by atoms with Crippen molar-refractivity contribution in [3.8, 4) is 0 Å². The van der Waals surface area contributed by atoms with Gasteiger partial charge in [-0.25, -0.2) is 9.69 Å². The number of aryl methyl sites for hydroxylation is 1. The van der Waals surface area contributed by atoms with Crippen molar-refractivity contribution in [1.82, 2.24) is 10.2 Å². The molecule has 0 unspecified atom stereocenters. The number of anilines is 1. The SMILES string of the molecule is CCc1ccccc1NC(=O)CN1C(=O)N/C(=C/c2ccccc2Cl)C1=O. The van der Waals surface area contributed by atoms with Gasteiger partial charge in [-0.05, 0) is 35.8 Å². The molecule has 0 atom stereocenters. The van der Waals surface area contributed by atoms with E-state index in [1.165, 1.54) is 6.08 Å². The lowest BCUT2D eigenvalue weighted by atomic mass is 10.1. The summed E-state index contributed by atoms with van der Waals surface area (Å²) >= 11 is 6.08. The van der Waals surface area contributed by atoms with E-state index in [9.17, 15) is 14.4 Å². The number of halogens is 1.